The van der Waals surface area contributed by atoms with Crippen molar-refractivity contribution in [2.24, 2.45) is 11.8 Å². The summed E-state index contributed by atoms with van der Waals surface area (Å²) in [5.74, 6) is -5.88. The van der Waals surface area contributed by atoms with Crippen LogP contribution in [0.3, 0.4) is 0 Å². The summed E-state index contributed by atoms with van der Waals surface area (Å²) < 4.78 is 0. The number of carbonyl (C=O) groups is 10. The van der Waals surface area contributed by atoms with Crippen molar-refractivity contribution in [3.63, 3.8) is 0 Å². The first-order chi connectivity index (χ1) is 38.9. The van der Waals surface area contributed by atoms with Gasteiger partial charge in [-0.1, -0.05) is 92.2 Å². The van der Waals surface area contributed by atoms with Gasteiger partial charge in [-0.15, -0.1) is 0 Å². The van der Waals surface area contributed by atoms with Gasteiger partial charge in [-0.2, -0.15) is 0 Å². The molecular formula is C60H103N11O12. The van der Waals surface area contributed by atoms with Gasteiger partial charge in [0.25, 0.3) is 0 Å². The number of rotatable bonds is 38. The number of nitrogens with one attached hydrogen (secondary N) is 10. The molecule has 83 heavy (non-hydrogen) atoms. The molecule has 1 saturated heterocycles. The average molecular weight is 1170 g/mol. The fraction of sp³-hybridized carbons (Fsp3) is 0.733. The largest absolute Gasteiger partial charge is 0.508 e. The number of phenolic OH excluding ortho intramolecular Hbond substituents is 1. The van der Waals surface area contributed by atoms with E-state index in [1.54, 1.807) is 19.1 Å². The van der Waals surface area contributed by atoms with Crippen LogP contribution in [0.4, 0.5) is 0 Å². The van der Waals surface area contributed by atoms with Crippen LogP contribution in [0.15, 0.2) is 24.3 Å². The minimum absolute atomic E-state index is 0.000331. The van der Waals surface area contributed by atoms with Gasteiger partial charge in [-0.05, 0) is 117 Å². The molecule has 1 aromatic rings. The molecule has 10 amide bonds. The van der Waals surface area contributed by atoms with Crippen molar-refractivity contribution in [1.82, 2.24) is 58.1 Å². The Kier molecular flexibility index (Phi) is 31.3. The van der Waals surface area contributed by atoms with Crippen LogP contribution in [-0.4, -0.2) is 160 Å². The van der Waals surface area contributed by atoms with E-state index in [-0.39, 0.29) is 87.1 Å². The molecule has 1 heterocycles. The number of unbranched alkanes of at least 4 members (excludes halogenated alkanes) is 5. The van der Waals surface area contributed by atoms with Gasteiger partial charge in [0.05, 0.1) is 6.61 Å². The molecule has 2 rings (SSSR count). The molecule has 23 nitrogen and oxygen atoms in total. The van der Waals surface area contributed by atoms with Crippen LogP contribution in [0.2, 0.25) is 0 Å². The minimum atomic E-state index is -1.68. The Balaban J connectivity index is 2.29. The minimum Gasteiger partial charge on any atom is -0.508 e. The van der Waals surface area contributed by atoms with Gasteiger partial charge in [-0.3, -0.25) is 47.9 Å². The standard InChI is InChI=1S/C60H103N11O12/c1-14-16-17-18-19-20-23-43(51(77)64-45(35-39(5)6)52(78)68-58(8,9)55(81)67-44(34-38(3)4)50(76)62-30-29-48(74)63-40(7)37-61-31-33-72)66-56(82)59(10,11)70-57(83)60(12,13)69-53(79)46(36-41-25-27-42(73)28-26-41)65-54(80)47-24-21-32-71(47)49(75)22-15-2/h25-28,38-40,43-47,61,72-73H,14-24,29-37H2,1-13H3,(H,62,76)(H,63,74)(H,64,77)(H,65,80)(H,66,82)(H,67,81)(H,68,78)(H,69,79)(H,70,83)/t40-,43-,44-,45-,46-,47-/m0/s1. The maximum atomic E-state index is 14.4. The summed E-state index contributed by atoms with van der Waals surface area (Å²) in [7, 11) is 0. The molecule has 6 atom stereocenters. The van der Waals surface area contributed by atoms with Gasteiger partial charge in [-0.25, -0.2) is 0 Å². The van der Waals surface area contributed by atoms with Crippen LogP contribution in [0.25, 0.3) is 0 Å². The predicted molar refractivity (Wildman–Crippen MR) is 318 cm³/mol. The molecule has 1 aromatic carbocycles. The fourth-order valence-corrected chi connectivity index (χ4v) is 9.41. The summed E-state index contributed by atoms with van der Waals surface area (Å²) in [5, 5.41) is 46.9. The summed E-state index contributed by atoms with van der Waals surface area (Å²) in [4.78, 5) is 139. The number of aliphatic hydroxyl groups excluding tert-OH is 1. The van der Waals surface area contributed by atoms with E-state index in [0.29, 0.717) is 50.9 Å². The lowest BCUT2D eigenvalue weighted by molar-refractivity contribution is -0.140. The molecule has 12 N–H and O–H groups in total. The molecule has 0 bridgehead atoms. The molecular weight excluding hydrogens is 1070 g/mol. The highest BCUT2D eigenvalue weighted by Gasteiger charge is 2.42. The Hall–Kier alpha value is -6.36. The second kappa shape index (κ2) is 35.7. The number of aromatic hydroxyl groups is 1. The number of aliphatic hydroxyl groups is 1. The molecule has 0 saturated carbocycles. The van der Waals surface area contributed by atoms with Gasteiger partial charge in [0.1, 0.15) is 52.6 Å². The molecule has 0 unspecified atom stereocenters. The molecule has 0 aromatic heterocycles. The number of nitrogens with zero attached hydrogens (tertiary/aromatic N) is 1. The number of carbonyl (C=O) groups excluding carboxylic acids is 10. The first kappa shape index (κ1) is 72.7. The zero-order chi connectivity index (χ0) is 62.7. The Morgan fingerprint density at radius 1 is 0.590 bits per heavy atom. The smallest absolute Gasteiger partial charge is 0.246 e. The van der Waals surface area contributed by atoms with Gasteiger partial charge >= 0.3 is 0 Å². The van der Waals surface area contributed by atoms with Crippen LogP contribution in [-0.2, 0) is 54.4 Å². The quantitative estimate of drug-likeness (QED) is 0.0425. The maximum absolute atomic E-state index is 14.4. The monoisotopic (exact) mass is 1170 g/mol. The van der Waals surface area contributed by atoms with E-state index in [2.05, 4.69) is 60.1 Å². The second-order valence-corrected chi connectivity index (χ2v) is 24.6. The van der Waals surface area contributed by atoms with Crippen molar-refractivity contribution in [1.29, 1.82) is 0 Å². The first-order valence-electron chi connectivity index (χ1n) is 30.0. The van der Waals surface area contributed by atoms with Crippen molar-refractivity contribution in [2.45, 2.75) is 239 Å². The number of hydrogen-bond donors (Lipinski definition) is 12. The first-order valence-corrected chi connectivity index (χ1v) is 30.0. The van der Waals surface area contributed by atoms with Gasteiger partial charge in [0, 0.05) is 51.5 Å². The van der Waals surface area contributed by atoms with Gasteiger partial charge < -0.3 is 68.3 Å². The van der Waals surface area contributed by atoms with Gasteiger partial charge in [0.2, 0.25) is 59.1 Å². The van der Waals surface area contributed by atoms with E-state index in [1.807, 2.05) is 34.6 Å². The predicted octanol–water partition coefficient (Wildman–Crippen LogP) is 2.79. The van der Waals surface area contributed by atoms with E-state index < -0.39 is 94.1 Å². The highest BCUT2D eigenvalue weighted by Crippen LogP contribution is 2.21. The topological polar surface area (TPSA) is 335 Å². The van der Waals surface area contributed by atoms with E-state index >= 15 is 0 Å². The number of phenols is 1. The number of amides is 10. The highest BCUT2D eigenvalue weighted by atomic mass is 16.3. The molecule has 23 heteroatoms. The molecule has 1 aliphatic rings. The molecule has 0 aliphatic carbocycles. The van der Waals surface area contributed by atoms with Crippen molar-refractivity contribution >= 4 is 59.1 Å². The Bertz CT molecular complexity index is 2290. The summed E-state index contributed by atoms with van der Waals surface area (Å²) in [6, 6.07) is 0.521. The second-order valence-electron chi connectivity index (χ2n) is 24.6. The SMILES string of the molecule is CCCCCCCC[C@H](NC(=O)C(C)(C)NC(=O)C(C)(C)NC(=O)[C@H](Cc1ccc(O)cc1)NC(=O)[C@@H]1CCCN1C(=O)CCC)C(=O)N[C@@H](CC(C)C)C(=O)NC(C)(C)C(=O)N[C@@H](CC(C)C)C(=O)NCCC(=O)N[C@@H](C)CNCCO. The molecule has 1 fully saturated rings. The molecule has 470 valence electrons. The summed E-state index contributed by atoms with van der Waals surface area (Å²) >= 11 is 0. The fourth-order valence-electron chi connectivity index (χ4n) is 9.41. The van der Waals surface area contributed by atoms with Crippen molar-refractivity contribution in [3.8, 4) is 5.75 Å². The zero-order valence-electron chi connectivity index (χ0n) is 52.0. The summed E-state index contributed by atoms with van der Waals surface area (Å²) in [5.41, 5.74) is -4.36. The van der Waals surface area contributed by atoms with E-state index in [4.69, 9.17) is 5.11 Å². The lowest BCUT2D eigenvalue weighted by Gasteiger charge is -2.34. The van der Waals surface area contributed by atoms with E-state index in [0.717, 1.165) is 32.1 Å². The Morgan fingerprint density at radius 3 is 1.71 bits per heavy atom. The Morgan fingerprint density at radius 2 is 1.13 bits per heavy atom. The average Bonchev–Trinajstić information content (AvgIpc) is 3.91. The molecule has 1 aliphatic heterocycles. The number of likely N-dealkylation sites (tertiary alicyclic amines) is 1. The van der Waals surface area contributed by atoms with Crippen molar-refractivity contribution in [2.75, 3.05) is 32.8 Å². The normalized spacial score (nSPS) is 15.5. The van der Waals surface area contributed by atoms with Gasteiger partial charge in [0.15, 0.2) is 0 Å². The summed E-state index contributed by atoms with van der Waals surface area (Å²) in [6.07, 6.45) is 7.71. The summed E-state index contributed by atoms with van der Waals surface area (Å²) in [6.45, 7) is 23.2. The lowest BCUT2D eigenvalue weighted by atomic mass is 9.96. The third-order valence-corrected chi connectivity index (χ3v) is 14.3. The van der Waals surface area contributed by atoms with Crippen LogP contribution in [0, 0.1) is 11.8 Å². The third kappa shape index (κ3) is 26.4. The Labute approximate surface area is 493 Å². The van der Waals surface area contributed by atoms with Crippen LogP contribution in [0.5, 0.6) is 5.75 Å². The highest BCUT2D eigenvalue weighted by molar-refractivity contribution is 6.00. The van der Waals surface area contributed by atoms with E-state index in [9.17, 15) is 53.1 Å². The number of hydrogen-bond acceptors (Lipinski definition) is 13. The van der Waals surface area contributed by atoms with Crippen LogP contribution < -0.4 is 53.2 Å². The zero-order valence-corrected chi connectivity index (χ0v) is 52.0. The van der Waals surface area contributed by atoms with Crippen molar-refractivity contribution in [3.05, 3.63) is 29.8 Å². The lowest BCUT2D eigenvalue weighted by Crippen LogP contribution is -2.66. The van der Waals surface area contributed by atoms with Crippen LogP contribution >= 0.6 is 0 Å². The van der Waals surface area contributed by atoms with Crippen molar-refractivity contribution < 1.29 is 58.2 Å². The number of benzene rings is 1. The maximum Gasteiger partial charge on any atom is 0.246 e. The van der Waals surface area contributed by atoms with Crippen LogP contribution in [0.1, 0.15) is 185 Å². The van der Waals surface area contributed by atoms with E-state index in [1.165, 1.54) is 58.6 Å². The molecule has 0 radical (unpaired) electrons. The molecule has 0 spiro atoms. The third-order valence-electron chi connectivity index (χ3n) is 14.3.